The van der Waals surface area contributed by atoms with Crippen LogP contribution < -0.4 is 15.4 Å². The first kappa shape index (κ1) is 48.5. The predicted molar refractivity (Wildman–Crippen MR) is 233 cm³/mol. The van der Waals surface area contributed by atoms with Crippen LogP contribution in [0.2, 0.25) is 0 Å². The van der Waals surface area contributed by atoms with Crippen LogP contribution in [-0.4, -0.2) is 84.8 Å². The van der Waals surface area contributed by atoms with E-state index in [0.717, 1.165) is 41.8 Å². The molecule has 1 aliphatic heterocycles. The fourth-order valence-electron chi connectivity index (χ4n) is 9.93. The molecule has 0 radical (unpaired) electrons. The van der Waals surface area contributed by atoms with Crippen molar-refractivity contribution < 1.29 is 41.0 Å². The lowest BCUT2D eigenvalue weighted by Crippen LogP contribution is -2.61. The molecule has 1 unspecified atom stereocenters. The number of carboxylic acids is 1. The topological polar surface area (TPSA) is 152 Å². The van der Waals surface area contributed by atoms with Gasteiger partial charge in [0, 0.05) is 31.2 Å². The number of nitriles is 1. The molecule has 15 heteroatoms. The number of alkyl halides is 3. The van der Waals surface area contributed by atoms with Crippen LogP contribution in [0, 0.1) is 39.9 Å². The predicted octanol–water partition coefficient (Wildman–Crippen LogP) is 8.14. The lowest BCUT2D eigenvalue weighted by molar-refractivity contribution is -0.192. The highest BCUT2D eigenvalue weighted by Gasteiger charge is 2.57. The molecular weight excluding hydrogens is 820 g/mol. The number of likely N-dealkylation sites (N-methyl/N-ethyl adjacent to an activating group) is 1. The van der Waals surface area contributed by atoms with Crippen molar-refractivity contribution >= 4 is 21.9 Å². The van der Waals surface area contributed by atoms with Gasteiger partial charge in [-0.2, -0.15) is 22.7 Å². The molecule has 62 heavy (non-hydrogen) atoms. The molecule has 3 aliphatic carbocycles. The summed E-state index contributed by atoms with van der Waals surface area (Å²) in [6.07, 6.45) is -1.000. The minimum Gasteiger partial charge on any atom is -0.475 e. The van der Waals surface area contributed by atoms with E-state index in [1.54, 1.807) is 12.1 Å². The number of benzene rings is 3. The van der Waals surface area contributed by atoms with Crippen molar-refractivity contribution in [2.45, 2.75) is 111 Å². The van der Waals surface area contributed by atoms with Crippen molar-refractivity contribution in [3.8, 4) is 17.6 Å². The maximum atomic E-state index is 13.8. The second kappa shape index (κ2) is 19.1. The van der Waals surface area contributed by atoms with Gasteiger partial charge in [0.1, 0.15) is 17.5 Å². The van der Waals surface area contributed by atoms with Gasteiger partial charge in [-0.05, 0) is 122 Å². The van der Waals surface area contributed by atoms with Gasteiger partial charge in [0.25, 0.3) is 0 Å². The van der Waals surface area contributed by atoms with Gasteiger partial charge in [0.2, 0.25) is 15.9 Å². The van der Waals surface area contributed by atoms with E-state index in [-0.39, 0.29) is 35.2 Å². The third-order valence-corrected chi connectivity index (χ3v) is 14.6. The molecule has 3 N–H and O–H groups in total. The van der Waals surface area contributed by atoms with Crippen molar-refractivity contribution in [1.29, 1.82) is 5.26 Å². The summed E-state index contributed by atoms with van der Waals surface area (Å²) >= 11 is 0. The quantitative estimate of drug-likeness (QED) is 0.146. The Morgan fingerprint density at radius 1 is 1.00 bits per heavy atom. The largest absolute Gasteiger partial charge is 0.490 e. The number of hydrogen-bond acceptors (Lipinski definition) is 8. The number of amides is 1. The molecule has 1 heterocycles. The molecular formula is C47H62F3N5O6S. The summed E-state index contributed by atoms with van der Waals surface area (Å²) in [5, 5.41) is 23.7. The smallest absolute Gasteiger partial charge is 0.475 e. The first-order valence-corrected chi connectivity index (χ1v) is 22.8. The number of halogens is 3. The fraction of sp³-hybridized carbons (Fsp3) is 0.553. The van der Waals surface area contributed by atoms with Crippen molar-refractivity contribution in [1.82, 2.24) is 19.8 Å². The summed E-state index contributed by atoms with van der Waals surface area (Å²) in [7, 11) is 0.619. The van der Waals surface area contributed by atoms with Crippen LogP contribution in [-0.2, 0) is 39.1 Å². The molecule has 0 aromatic heterocycles. The van der Waals surface area contributed by atoms with E-state index in [9.17, 15) is 31.6 Å². The third kappa shape index (κ3) is 12.2. The maximum absolute atomic E-state index is 13.8. The monoisotopic (exact) mass is 881 g/mol. The number of aliphatic carboxylic acids is 1. The standard InChI is InChI=1S/C45H61N5O4S.C2HF3O2/c1-31-38-23-36(44(38,5)6)24-39(31)48-42(51)40-20-21-55(52,53)50(40)28-34-13-11-12-33(22-34)27-47-45(30-49(7)8,29-43(2,3)4)25-35-14-9-10-15-41(35)54-37-18-16-32(26-46)17-19-37;3-2(4,5)1(6)7/h9-19,22,31,36,38-40,47H,20-21,23-25,27-30H2,1-8H3,(H,48,51);(H,6,7)/t31-,36+,38-,39-,40?,45+;/m0./s1. The number of carbonyl (C=O) groups is 2. The highest BCUT2D eigenvalue weighted by atomic mass is 32.2. The molecule has 0 spiro atoms. The van der Waals surface area contributed by atoms with Gasteiger partial charge < -0.3 is 25.4 Å². The summed E-state index contributed by atoms with van der Waals surface area (Å²) in [5.74, 6) is 0.0958. The lowest BCUT2D eigenvalue weighted by Gasteiger charge is -2.62. The Bertz CT molecular complexity index is 2200. The van der Waals surface area contributed by atoms with Crippen molar-refractivity contribution in [2.75, 3.05) is 26.4 Å². The third-order valence-electron chi connectivity index (χ3n) is 12.8. The number of rotatable bonds is 14. The molecule has 4 fully saturated rings. The number of carbonyl (C=O) groups excluding carboxylic acids is 1. The average Bonchev–Trinajstić information content (AvgIpc) is 3.47. The normalized spacial score (nSPS) is 23.8. The van der Waals surface area contributed by atoms with Crippen molar-refractivity contribution in [3.63, 3.8) is 0 Å². The highest BCUT2D eigenvalue weighted by molar-refractivity contribution is 7.89. The lowest BCUT2D eigenvalue weighted by atomic mass is 9.45. The van der Waals surface area contributed by atoms with Gasteiger partial charge in [0.15, 0.2) is 0 Å². The van der Waals surface area contributed by atoms with Crippen molar-refractivity contribution in [3.05, 3.63) is 95.1 Å². The summed E-state index contributed by atoms with van der Waals surface area (Å²) in [6, 6.07) is 25.0. The number of fused-ring (bicyclic) bond motifs is 2. The van der Waals surface area contributed by atoms with Crippen LogP contribution in [0.3, 0.4) is 0 Å². The Labute approximate surface area is 365 Å². The molecule has 338 valence electrons. The van der Waals surface area contributed by atoms with Crippen LogP contribution in [0.25, 0.3) is 0 Å². The fourth-order valence-corrected chi connectivity index (χ4v) is 11.6. The highest BCUT2D eigenvalue weighted by Crippen LogP contribution is 2.61. The molecule has 7 rings (SSSR count). The Balaban J connectivity index is 0.000000955. The second-order valence-electron chi connectivity index (χ2n) is 19.5. The summed E-state index contributed by atoms with van der Waals surface area (Å²) < 4.78 is 66.4. The molecule has 4 aliphatic rings. The number of nitrogens with zero attached hydrogens (tertiary/aromatic N) is 3. The van der Waals surface area contributed by atoms with Gasteiger partial charge in [-0.3, -0.25) is 4.79 Å². The number of para-hydroxylation sites is 1. The second-order valence-corrected chi connectivity index (χ2v) is 21.5. The van der Waals surface area contributed by atoms with Crippen LogP contribution in [0.5, 0.6) is 11.5 Å². The van der Waals surface area contributed by atoms with E-state index in [1.807, 2.05) is 42.5 Å². The van der Waals surface area contributed by atoms with Gasteiger partial charge in [0.05, 0.1) is 17.4 Å². The van der Waals surface area contributed by atoms with E-state index in [4.69, 9.17) is 14.6 Å². The van der Waals surface area contributed by atoms with Gasteiger partial charge in [-0.1, -0.05) is 84.0 Å². The first-order valence-electron chi connectivity index (χ1n) is 21.2. The Kier molecular flexibility index (Phi) is 14.9. The summed E-state index contributed by atoms with van der Waals surface area (Å²) in [6.45, 7) is 15.2. The number of ether oxygens (including phenoxy) is 1. The van der Waals surface area contributed by atoms with Crippen LogP contribution in [0.15, 0.2) is 72.8 Å². The van der Waals surface area contributed by atoms with Gasteiger partial charge in [-0.15, -0.1) is 0 Å². The molecule has 1 amide bonds. The Hall–Kier alpha value is -4.49. The minimum atomic E-state index is -5.08. The van der Waals surface area contributed by atoms with E-state index >= 15 is 0 Å². The van der Waals surface area contributed by atoms with Gasteiger partial charge >= 0.3 is 12.1 Å². The zero-order valence-electron chi connectivity index (χ0n) is 37.1. The van der Waals surface area contributed by atoms with E-state index in [0.29, 0.717) is 53.9 Å². The molecule has 6 atom stereocenters. The van der Waals surface area contributed by atoms with Crippen LogP contribution in [0.4, 0.5) is 13.2 Å². The Morgan fingerprint density at radius 2 is 1.65 bits per heavy atom. The van der Waals surface area contributed by atoms with Gasteiger partial charge in [-0.25, -0.2) is 13.2 Å². The zero-order chi connectivity index (χ0) is 45.8. The van der Waals surface area contributed by atoms with Crippen molar-refractivity contribution in [2.24, 2.45) is 28.6 Å². The number of hydrogen-bond donors (Lipinski definition) is 3. The van der Waals surface area contributed by atoms with E-state index < -0.39 is 28.2 Å². The molecule has 3 aromatic rings. The molecule has 3 saturated carbocycles. The van der Waals surface area contributed by atoms with Crippen LogP contribution in [0.1, 0.15) is 89.5 Å². The minimum absolute atomic E-state index is 0.000449. The Morgan fingerprint density at radius 3 is 2.23 bits per heavy atom. The SMILES string of the molecule is C[C@@H]1[C@@H](NC(=O)C2CCS(=O)(=O)N2Cc2cccc(CN[C@@](Cc3ccccc3Oc3ccc(C#N)cc3)(CN(C)C)CC(C)(C)C)c2)C[C@H]2C[C@@H]1C2(C)C.O=C(O)C(F)(F)F. The van der Waals surface area contributed by atoms with Crippen LogP contribution >= 0.6 is 0 Å². The zero-order valence-corrected chi connectivity index (χ0v) is 37.9. The number of carboxylic acid groups (broad SMARTS) is 1. The van der Waals surface area contributed by atoms with E-state index in [1.165, 1.54) is 10.7 Å². The summed E-state index contributed by atoms with van der Waals surface area (Å²) in [4.78, 5) is 24.9. The molecule has 2 bridgehead atoms. The number of nitrogens with one attached hydrogen (secondary N) is 2. The molecule has 11 nitrogen and oxygen atoms in total. The molecule has 1 saturated heterocycles. The average molecular weight is 882 g/mol. The van der Waals surface area contributed by atoms with E-state index in [2.05, 4.69) is 95.4 Å². The summed E-state index contributed by atoms with van der Waals surface area (Å²) in [5.41, 5.74) is 3.54. The maximum Gasteiger partial charge on any atom is 0.490 e. The first-order chi connectivity index (χ1) is 28.8. The number of sulfonamides is 1. The molecule has 3 aromatic carbocycles.